The van der Waals surface area contributed by atoms with Gasteiger partial charge in [-0.1, -0.05) is 0 Å². The van der Waals surface area contributed by atoms with Gasteiger partial charge >= 0.3 is 0 Å². The predicted molar refractivity (Wildman–Crippen MR) is 45.0 cm³/mol. The molecular formula is C9H11F2NO. The molecule has 0 aromatic heterocycles. The maximum absolute atomic E-state index is 13.0. The predicted octanol–water partition coefficient (Wildman–Crippen LogP) is 1.35. The Labute approximate surface area is 75.0 Å². The molecule has 0 aliphatic rings. The molecule has 0 fully saturated rings. The van der Waals surface area contributed by atoms with Crippen LogP contribution in [-0.2, 0) is 0 Å². The molecule has 0 aliphatic carbocycles. The number of benzene rings is 1. The first-order valence-corrected chi connectivity index (χ1v) is 3.96. The van der Waals surface area contributed by atoms with E-state index in [1.54, 1.807) is 0 Å². The molecule has 0 saturated carbocycles. The van der Waals surface area contributed by atoms with Crippen molar-refractivity contribution in [1.82, 2.24) is 0 Å². The molecule has 4 heteroatoms. The first-order valence-electron chi connectivity index (χ1n) is 3.96. The minimum absolute atomic E-state index is 0.106. The van der Waals surface area contributed by atoms with Crippen LogP contribution < -0.4 is 5.73 Å². The highest BCUT2D eigenvalue weighted by molar-refractivity contribution is 5.21. The van der Waals surface area contributed by atoms with Gasteiger partial charge in [0.15, 0.2) is 0 Å². The fraction of sp³-hybridized carbons (Fsp3) is 0.333. The van der Waals surface area contributed by atoms with Crippen LogP contribution in [0.5, 0.6) is 0 Å². The number of aliphatic hydroxyl groups is 1. The van der Waals surface area contributed by atoms with Crippen LogP contribution in [0.2, 0.25) is 0 Å². The van der Waals surface area contributed by atoms with E-state index in [0.717, 1.165) is 18.2 Å². The van der Waals surface area contributed by atoms with Gasteiger partial charge in [-0.05, 0) is 24.6 Å². The molecule has 1 rings (SSSR count). The second kappa shape index (κ2) is 4.30. The van der Waals surface area contributed by atoms with E-state index in [1.165, 1.54) is 0 Å². The molecule has 2 nitrogen and oxygen atoms in total. The number of hydrogen-bond acceptors (Lipinski definition) is 2. The highest BCUT2D eigenvalue weighted by Gasteiger charge is 2.11. The van der Waals surface area contributed by atoms with Crippen molar-refractivity contribution < 1.29 is 13.9 Å². The van der Waals surface area contributed by atoms with Gasteiger partial charge in [-0.25, -0.2) is 8.78 Å². The second-order valence-corrected chi connectivity index (χ2v) is 2.78. The van der Waals surface area contributed by atoms with Crippen molar-refractivity contribution in [2.75, 3.05) is 6.61 Å². The minimum Gasteiger partial charge on any atom is -0.396 e. The van der Waals surface area contributed by atoms with Crippen LogP contribution in [0.4, 0.5) is 8.78 Å². The van der Waals surface area contributed by atoms with Crippen molar-refractivity contribution in [3.63, 3.8) is 0 Å². The van der Waals surface area contributed by atoms with E-state index in [2.05, 4.69) is 0 Å². The SMILES string of the molecule is NC(CCO)c1cc(F)ccc1F. The lowest BCUT2D eigenvalue weighted by Gasteiger charge is -2.10. The first-order chi connectivity index (χ1) is 6.15. The summed E-state index contributed by atoms with van der Waals surface area (Å²) < 4.78 is 25.7. The summed E-state index contributed by atoms with van der Waals surface area (Å²) in [5.41, 5.74) is 5.61. The molecule has 0 bridgehead atoms. The smallest absolute Gasteiger partial charge is 0.128 e. The third-order valence-electron chi connectivity index (χ3n) is 1.80. The zero-order valence-corrected chi connectivity index (χ0v) is 7.00. The fourth-order valence-corrected chi connectivity index (χ4v) is 1.09. The van der Waals surface area contributed by atoms with Gasteiger partial charge in [-0.2, -0.15) is 0 Å². The lowest BCUT2D eigenvalue weighted by Crippen LogP contribution is -2.13. The zero-order chi connectivity index (χ0) is 9.84. The lowest BCUT2D eigenvalue weighted by molar-refractivity contribution is 0.275. The topological polar surface area (TPSA) is 46.2 Å². The van der Waals surface area contributed by atoms with Gasteiger partial charge < -0.3 is 10.8 Å². The third-order valence-corrected chi connectivity index (χ3v) is 1.80. The average molecular weight is 187 g/mol. The summed E-state index contributed by atoms with van der Waals surface area (Å²) in [5.74, 6) is -1.06. The van der Waals surface area contributed by atoms with Gasteiger partial charge in [0.25, 0.3) is 0 Å². The van der Waals surface area contributed by atoms with Crippen molar-refractivity contribution >= 4 is 0 Å². The molecule has 3 N–H and O–H groups in total. The normalized spacial score (nSPS) is 12.9. The van der Waals surface area contributed by atoms with Crippen LogP contribution in [0.3, 0.4) is 0 Å². The molecule has 72 valence electrons. The Bertz CT molecular complexity index is 291. The van der Waals surface area contributed by atoms with Crippen LogP contribution in [0.25, 0.3) is 0 Å². The molecule has 0 heterocycles. The van der Waals surface area contributed by atoms with E-state index in [-0.39, 0.29) is 18.6 Å². The van der Waals surface area contributed by atoms with E-state index in [9.17, 15) is 8.78 Å². The van der Waals surface area contributed by atoms with Crippen LogP contribution in [0.1, 0.15) is 18.0 Å². The molecule has 0 radical (unpaired) electrons. The first kappa shape index (κ1) is 10.1. The summed E-state index contributed by atoms with van der Waals surface area (Å²) in [4.78, 5) is 0. The molecule has 1 aromatic rings. The Balaban J connectivity index is 2.91. The zero-order valence-electron chi connectivity index (χ0n) is 7.00. The van der Waals surface area contributed by atoms with Crippen LogP contribution in [-0.4, -0.2) is 11.7 Å². The Morgan fingerprint density at radius 1 is 1.38 bits per heavy atom. The molecule has 0 aliphatic heterocycles. The molecule has 0 spiro atoms. The van der Waals surface area contributed by atoms with Crippen molar-refractivity contribution in [3.8, 4) is 0 Å². The summed E-state index contributed by atoms with van der Waals surface area (Å²) >= 11 is 0. The monoisotopic (exact) mass is 187 g/mol. The van der Waals surface area contributed by atoms with E-state index in [0.29, 0.717) is 0 Å². The van der Waals surface area contributed by atoms with Gasteiger partial charge in [0.1, 0.15) is 11.6 Å². The van der Waals surface area contributed by atoms with Crippen molar-refractivity contribution in [1.29, 1.82) is 0 Å². The van der Waals surface area contributed by atoms with Crippen LogP contribution in [0, 0.1) is 11.6 Å². The molecule has 1 unspecified atom stereocenters. The van der Waals surface area contributed by atoms with Crippen LogP contribution >= 0.6 is 0 Å². The molecular weight excluding hydrogens is 176 g/mol. The molecule has 1 atom stereocenters. The summed E-state index contributed by atoms with van der Waals surface area (Å²) in [7, 11) is 0. The number of nitrogens with two attached hydrogens (primary N) is 1. The third kappa shape index (κ3) is 2.47. The van der Waals surface area contributed by atoms with E-state index < -0.39 is 17.7 Å². The second-order valence-electron chi connectivity index (χ2n) is 2.78. The molecule has 13 heavy (non-hydrogen) atoms. The summed E-state index contributed by atoms with van der Waals surface area (Å²) in [6.07, 6.45) is 0.223. The van der Waals surface area contributed by atoms with Gasteiger partial charge in [0.05, 0.1) is 0 Å². The largest absolute Gasteiger partial charge is 0.396 e. The minimum atomic E-state index is -0.652. The summed E-state index contributed by atoms with van der Waals surface area (Å²) in [6, 6.07) is 2.46. The number of halogens is 2. The highest BCUT2D eigenvalue weighted by Crippen LogP contribution is 2.18. The van der Waals surface area contributed by atoms with E-state index >= 15 is 0 Å². The Morgan fingerprint density at radius 2 is 2.08 bits per heavy atom. The quantitative estimate of drug-likeness (QED) is 0.750. The van der Waals surface area contributed by atoms with Gasteiger partial charge in [-0.15, -0.1) is 0 Å². The molecule has 1 aromatic carbocycles. The number of hydrogen-bond donors (Lipinski definition) is 2. The van der Waals surface area contributed by atoms with Crippen LogP contribution in [0.15, 0.2) is 18.2 Å². The van der Waals surface area contributed by atoms with E-state index in [1.807, 2.05) is 0 Å². The maximum Gasteiger partial charge on any atom is 0.128 e. The Morgan fingerprint density at radius 3 is 2.69 bits per heavy atom. The number of rotatable bonds is 3. The summed E-state index contributed by atoms with van der Waals surface area (Å²) in [6.45, 7) is -0.142. The number of aliphatic hydroxyl groups excluding tert-OH is 1. The standard InChI is InChI=1S/C9H11F2NO/c10-6-1-2-8(11)7(5-6)9(12)3-4-13/h1-2,5,9,13H,3-4,12H2. The average Bonchev–Trinajstić information content (AvgIpc) is 2.09. The maximum atomic E-state index is 13.0. The van der Waals surface area contributed by atoms with Crippen molar-refractivity contribution in [2.24, 2.45) is 5.73 Å². The Hall–Kier alpha value is -1.00. The van der Waals surface area contributed by atoms with Gasteiger partial charge in [0, 0.05) is 18.2 Å². The summed E-state index contributed by atoms with van der Waals surface area (Å²) in [5, 5.41) is 8.56. The van der Waals surface area contributed by atoms with Gasteiger partial charge in [0.2, 0.25) is 0 Å². The van der Waals surface area contributed by atoms with Crippen molar-refractivity contribution in [2.45, 2.75) is 12.5 Å². The lowest BCUT2D eigenvalue weighted by atomic mass is 10.0. The molecule has 0 amide bonds. The Kier molecular flexibility index (Phi) is 3.33. The fourth-order valence-electron chi connectivity index (χ4n) is 1.09. The van der Waals surface area contributed by atoms with Crippen molar-refractivity contribution in [3.05, 3.63) is 35.4 Å². The van der Waals surface area contributed by atoms with E-state index in [4.69, 9.17) is 10.8 Å². The van der Waals surface area contributed by atoms with Gasteiger partial charge in [-0.3, -0.25) is 0 Å². The highest BCUT2D eigenvalue weighted by atomic mass is 19.1. The molecule has 0 saturated heterocycles.